The minimum Gasteiger partial charge on any atom is -0.381 e. The first-order valence-electron chi connectivity index (χ1n) is 8.32. The summed E-state index contributed by atoms with van der Waals surface area (Å²) in [6.07, 6.45) is 4.11. The van der Waals surface area contributed by atoms with Crippen LogP contribution in [-0.4, -0.2) is 47.7 Å². The second kappa shape index (κ2) is 9.49. The lowest BCUT2D eigenvalue weighted by atomic mass is 9.99. The van der Waals surface area contributed by atoms with E-state index in [0.29, 0.717) is 6.54 Å². The summed E-state index contributed by atoms with van der Waals surface area (Å²) in [4.78, 5) is 10.3. The summed E-state index contributed by atoms with van der Waals surface area (Å²) in [7, 11) is 0. The van der Waals surface area contributed by atoms with Gasteiger partial charge in [-0.1, -0.05) is 6.92 Å². The van der Waals surface area contributed by atoms with Gasteiger partial charge in [0.2, 0.25) is 0 Å². The van der Waals surface area contributed by atoms with Crippen molar-refractivity contribution in [3.63, 3.8) is 0 Å². The maximum atomic E-state index is 5.54. The molecule has 1 saturated heterocycles. The van der Waals surface area contributed by atoms with Crippen LogP contribution in [0, 0.1) is 6.92 Å². The van der Waals surface area contributed by atoms with E-state index in [-0.39, 0.29) is 4.75 Å². The number of rotatable bonds is 7. The maximum Gasteiger partial charge on any atom is 0.191 e. The normalized spacial score (nSPS) is 18.0. The van der Waals surface area contributed by atoms with Crippen molar-refractivity contribution in [3.05, 3.63) is 16.1 Å². The Kier molecular flexibility index (Phi) is 7.65. The second-order valence-electron chi connectivity index (χ2n) is 5.64. The van der Waals surface area contributed by atoms with E-state index in [9.17, 15) is 0 Å². The standard InChI is InChI=1S/C16H28N4OS2/c1-4-17-15(19-11-14-18-10-13(3)23-14)20-12-16(22-5-2)6-8-21-9-7-16/h10H,4-9,11-12H2,1-3H3,(H2,17,19,20). The number of aliphatic imine (C=N–C) groups is 1. The van der Waals surface area contributed by atoms with Gasteiger partial charge in [-0.15, -0.1) is 11.3 Å². The Morgan fingerprint density at radius 1 is 1.39 bits per heavy atom. The average molecular weight is 357 g/mol. The molecule has 23 heavy (non-hydrogen) atoms. The van der Waals surface area contributed by atoms with Gasteiger partial charge in [-0.3, -0.25) is 0 Å². The molecule has 0 aromatic carbocycles. The highest BCUT2D eigenvalue weighted by Crippen LogP contribution is 2.34. The first-order valence-corrected chi connectivity index (χ1v) is 10.1. The fourth-order valence-electron chi connectivity index (χ4n) is 2.63. The van der Waals surface area contributed by atoms with Gasteiger partial charge in [0.1, 0.15) is 5.01 Å². The number of aromatic nitrogens is 1. The van der Waals surface area contributed by atoms with Gasteiger partial charge in [0.15, 0.2) is 5.96 Å². The quantitative estimate of drug-likeness (QED) is 0.581. The van der Waals surface area contributed by atoms with Gasteiger partial charge in [0.05, 0.1) is 6.54 Å². The fourth-order valence-corrected chi connectivity index (χ4v) is 4.58. The lowest BCUT2D eigenvalue weighted by molar-refractivity contribution is 0.0782. The van der Waals surface area contributed by atoms with E-state index >= 15 is 0 Å². The highest BCUT2D eigenvalue weighted by Gasteiger charge is 2.32. The van der Waals surface area contributed by atoms with Crippen molar-refractivity contribution in [2.45, 2.75) is 44.9 Å². The number of nitrogens with one attached hydrogen (secondary N) is 2. The molecule has 2 heterocycles. The van der Waals surface area contributed by atoms with Crippen LogP contribution < -0.4 is 10.6 Å². The molecule has 0 aliphatic carbocycles. The first-order chi connectivity index (χ1) is 11.2. The molecule has 1 fully saturated rings. The Morgan fingerprint density at radius 2 is 2.17 bits per heavy atom. The minimum atomic E-state index is 0.265. The zero-order valence-electron chi connectivity index (χ0n) is 14.4. The van der Waals surface area contributed by atoms with Crippen LogP contribution in [0.15, 0.2) is 11.2 Å². The Labute approximate surface area is 147 Å². The Morgan fingerprint density at radius 3 is 2.78 bits per heavy atom. The number of thiazole rings is 1. The van der Waals surface area contributed by atoms with Crippen molar-refractivity contribution in [1.29, 1.82) is 0 Å². The van der Waals surface area contributed by atoms with Crippen molar-refractivity contribution in [1.82, 2.24) is 15.6 Å². The largest absolute Gasteiger partial charge is 0.381 e. The monoisotopic (exact) mass is 356 g/mol. The summed E-state index contributed by atoms with van der Waals surface area (Å²) in [5.74, 6) is 2.01. The number of guanidine groups is 1. The van der Waals surface area contributed by atoms with Crippen molar-refractivity contribution < 1.29 is 4.74 Å². The Bertz CT molecular complexity index is 493. The molecule has 0 saturated carbocycles. The third-order valence-electron chi connectivity index (χ3n) is 3.82. The van der Waals surface area contributed by atoms with Crippen LogP contribution in [-0.2, 0) is 11.3 Å². The third kappa shape index (κ3) is 5.97. The molecule has 0 amide bonds. The van der Waals surface area contributed by atoms with Crippen LogP contribution in [0.4, 0.5) is 0 Å². The molecule has 0 unspecified atom stereocenters. The van der Waals surface area contributed by atoms with Gasteiger partial charge in [-0.25, -0.2) is 9.98 Å². The highest BCUT2D eigenvalue weighted by molar-refractivity contribution is 8.00. The number of hydrogen-bond acceptors (Lipinski definition) is 5. The number of aryl methyl sites for hydroxylation is 1. The highest BCUT2D eigenvalue weighted by atomic mass is 32.2. The first kappa shape index (κ1) is 18.5. The van der Waals surface area contributed by atoms with E-state index in [1.165, 1.54) is 4.88 Å². The van der Waals surface area contributed by atoms with Gasteiger partial charge < -0.3 is 15.4 Å². The van der Waals surface area contributed by atoms with E-state index in [0.717, 1.165) is 55.9 Å². The molecule has 1 aliphatic heterocycles. The van der Waals surface area contributed by atoms with Crippen molar-refractivity contribution in [2.24, 2.45) is 4.99 Å². The van der Waals surface area contributed by atoms with Gasteiger partial charge in [0.25, 0.3) is 0 Å². The SMILES string of the molecule is CCNC(=NCc1ncc(C)s1)NCC1(SCC)CCOCC1. The lowest BCUT2D eigenvalue weighted by Gasteiger charge is -2.37. The maximum absolute atomic E-state index is 5.54. The minimum absolute atomic E-state index is 0.265. The van der Waals surface area contributed by atoms with E-state index in [4.69, 9.17) is 4.74 Å². The molecule has 2 rings (SSSR count). The Balaban J connectivity index is 1.94. The average Bonchev–Trinajstić information content (AvgIpc) is 2.97. The number of nitrogens with zero attached hydrogens (tertiary/aromatic N) is 2. The fraction of sp³-hybridized carbons (Fsp3) is 0.750. The Hall–Kier alpha value is -0.790. The second-order valence-corrected chi connectivity index (χ2v) is 8.69. The summed E-state index contributed by atoms with van der Waals surface area (Å²) in [5, 5.41) is 7.92. The van der Waals surface area contributed by atoms with Crippen LogP contribution in [0.25, 0.3) is 0 Å². The summed E-state index contributed by atoms with van der Waals surface area (Å²) in [5.41, 5.74) is 0. The van der Waals surface area contributed by atoms with E-state index < -0.39 is 0 Å². The molecule has 0 atom stereocenters. The van der Waals surface area contributed by atoms with Crippen molar-refractivity contribution in [2.75, 3.05) is 32.1 Å². The molecule has 7 heteroatoms. The van der Waals surface area contributed by atoms with Crippen LogP contribution >= 0.6 is 23.1 Å². The molecule has 5 nitrogen and oxygen atoms in total. The number of thioether (sulfide) groups is 1. The van der Waals surface area contributed by atoms with Crippen LogP contribution in [0.3, 0.4) is 0 Å². The third-order valence-corrected chi connectivity index (χ3v) is 6.17. The van der Waals surface area contributed by atoms with Gasteiger partial charge in [-0.2, -0.15) is 11.8 Å². The summed E-state index contributed by atoms with van der Waals surface area (Å²) >= 11 is 3.75. The zero-order chi connectivity index (χ0) is 16.5. The van der Waals surface area contributed by atoms with Gasteiger partial charge >= 0.3 is 0 Å². The number of hydrogen-bond donors (Lipinski definition) is 2. The molecule has 130 valence electrons. The molecular formula is C16H28N4OS2. The van der Waals surface area contributed by atoms with E-state index in [1.54, 1.807) is 11.3 Å². The van der Waals surface area contributed by atoms with E-state index in [1.807, 2.05) is 18.0 Å². The summed E-state index contributed by atoms with van der Waals surface area (Å²) in [6.45, 7) is 10.5. The van der Waals surface area contributed by atoms with E-state index in [2.05, 4.69) is 41.4 Å². The molecule has 0 spiro atoms. The van der Waals surface area contributed by atoms with Gasteiger partial charge in [-0.05, 0) is 32.4 Å². The molecule has 2 N–H and O–H groups in total. The molecular weight excluding hydrogens is 328 g/mol. The lowest BCUT2D eigenvalue weighted by Crippen LogP contribution is -2.48. The molecule has 1 aliphatic rings. The number of ether oxygens (including phenoxy) is 1. The molecule has 1 aromatic heterocycles. The molecule has 0 radical (unpaired) electrons. The predicted molar refractivity (Wildman–Crippen MR) is 101 cm³/mol. The van der Waals surface area contributed by atoms with Crippen LogP contribution in [0.5, 0.6) is 0 Å². The van der Waals surface area contributed by atoms with Crippen molar-refractivity contribution >= 4 is 29.1 Å². The molecule has 0 bridgehead atoms. The topological polar surface area (TPSA) is 58.5 Å². The smallest absolute Gasteiger partial charge is 0.191 e. The van der Waals surface area contributed by atoms with Crippen LogP contribution in [0.1, 0.15) is 36.6 Å². The van der Waals surface area contributed by atoms with Crippen molar-refractivity contribution in [3.8, 4) is 0 Å². The van der Waals surface area contributed by atoms with Gasteiger partial charge in [0, 0.05) is 42.1 Å². The van der Waals surface area contributed by atoms with Crippen LogP contribution in [0.2, 0.25) is 0 Å². The zero-order valence-corrected chi connectivity index (χ0v) is 16.0. The summed E-state index contributed by atoms with van der Waals surface area (Å²) < 4.78 is 5.80. The predicted octanol–water partition coefficient (Wildman–Crippen LogP) is 2.81. The summed E-state index contributed by atoms with van der Waals surface area (Å²) in [6, 6.07) is 0. The molecule has 1 aromatic rings.